The number of halogens is 2. The summed E-state index contributed by atoms with van der Waals surface area (Å²) in [5, 5.41) is 0.735. The fraction of sp³-hybridized carbons (Fsp3) is 0.105. The quantitative estimate of drug-likeness (QED) is 0.524. The van der Waals surface area contributed by atoms with Crippen molar-refractivity contribution in [3.63, 3.8) is 0 Å². The van der Waals surface area contributed by atoms with Gasteiger partial charge in [-0.3, -0.25) is 0 Å². The molecule has 3 rings (SSSR count). The van der Waals surface area contributed by atoms with Gasteiger partial charge >= 0.3 is 0 Å². The molecular formula is C19H16BrClN2. The molecule has 1 heterocycles. The lowest BCUT2D eigenvalue weighted by molar-refractivity contribution is 0.753. The lowest BCUT2D eigenvalue weighted by Crippen LogP contribution is -1.94. The monoisotopic (exact) mass is 386 g/mol. The summed E-state index contributed by atoms with van der Waals surface area (Å²) in [5.74, 6) is 0.945. The van der Waals surface area contributed by atoms with Crippen molar-refractivity contribution < 1.29 is 0 Å². The van der Waals surface area contributed by atoms with Crippen LogP contribution < -0.4 is 0 Å². The van der Waals surface area contributed by atoms with E-state index in [1.54, 1.807) is 0 Å². The number of rotatable bonds is 4. The summed E-state index contributed by atoms with van der Waals surface area (Å²) in [4.78, 5) is 4.74. The van der Waals surface area contributed by atoms with Crippen molar-refractivity contribution in [3.8, 4) is 11.3 Å². The highest BCUT2D eigenvalue weighted by atomic mass is 79.9. The van der Waals surface area contributed by atoms with Crippen molar-refractivity contribution in [3.05, 3.63) is 75.6 Å². The average molecular weight is 388 g/mol. The molecule has 0 fully saturated rings. The maximum atomic E-state index is 5.95. The zero-order valence-electron chi connectivity index (χ0n) is 12.7. The van der Waals surface area contributed by atoms with E-state index in [9.17, 15) is 0 Å². The van der Waals surface area contributed by atoms with Crippen molar-refractivity contribution in [2.45, 2.75) is 13.5 Å². The molecule has 0 aliphatic heterocycles. The molecule has 116 valence electrons. The Hall–Kier alpha value is -1.84. The molecule has 0 saturated carbocycles. The molecule has 1 aromatic heterocycles. The number of imidazole rings is 1. The van der Waals surface area contributed by atoms with Crippen LogP contribution in [0.2, 0.25) is 5.02 Å². The predicted octanol–water partition coefficient (Wildman–Crippen LogP) is 6.16. The maximum Gasteiger partial charge on any atom is 0.133 e. The van der Waals surface area contributed by atoms with Crippen LogP contribution in [0.1, 0.15) is 18.3 Å². The normalized spacial score (nSPS) is 11.3. The van der Waals surface area contributed by atoms with E-state index >= 15 is 0 Å². The van der Waals surface area contributed by atoms with E-state index in [1.807, 2.05) is 42.5 Å². The standard InChI is InChI=1S/C19H16BrClN2/c1-2-23-13-18(15-6-10-17(21)11-7-15)22-19(23)12-5-14-3-8-16(20)9-4-14/h3-13H,2H2,1H3/b12-5+. The summed E-state index contributed by atoms with van der Waals surface area (Å²) in [6, 6.07) is 16.0. The van der Waals surface area contributed by atoms with Gasteiger partial charge < -0.3 is 4.57 Å². The van der Waals surface area contributed by atoms with E-state index < -0.39 is 0 Å². The summed E-state index contributed by atoms with van der Waals surface area (Å²) < 4.78 is 3.22. The number of nitrogens with zero attached hydrogens (tertiary/aromatic N) is 2. The summed E-state index contributed by atoms with van der Waals surface area (Å²) in [6.45, 7) is 2.99. The van der Waals surface area contributed by atoms with Gasteiger partial charge in [-0.05, 0) is 42.8 Å². The van der Waals surface area contributed by atoms with E-state index in [2.05, 4.69) is 51.8 Å². The summed E-state index contributed by atoms with van der Waals surface area (Å²) in [5.41, 5.74) is 3.17. The molecule has 0 radical (unpaired) electrons. The van der Waals surface area contributed by atoms with E-state index in [4.69, 9.17) is 16.6 Å². The Balaban J connectivity index is 1.90. The van der Waals surface area contributed by atoms with E-state index in [1.165, 1.54) is 0 Å². The molecular weight excluding hydrogens is 372 g/mol. The molecule has 0 amide bonds. The Morgan fingerprint density at radius 3 is 2.39 bits per heavy atom. The van der Waals surface area contributed by atoms with Gasteiger partial charge in [0.15, 0.2) is 0 Å². The van der Waals surface area contributed by atoms with Crippen molar-refractivity contribution in [1.29, 1.82) is 0 Å². The minimum absolute atomic E-state index is 0.735. The Morgan fingerprint density at radius 1 is 1.04 bits per heavy atom. The second-order valence-corrected chi connectivity index (χ2v) is 6.51. The third kappa shape index (κ3) is 3.92. The number of benzene rings is 2. The second-order valence-electron chi connectivity index (χ2n) is 5.16. The van der Waals surface area contributed by atoms with Crippen molar-refractivity contribution in [2.24, 2.45) is 0 Å². The van der Waals surface area contributed by atoms with Crippen LogP contribution in [0.15, 0.2) is 59.2 Å². The van der Waals surface area contributed by atoms with Crippen LogP contribution in [0, 0.1) is 0 Å². The molecule has 2 aromatic carbocycles. The highest BCUT2D eigenvalue weighted by molar-refractivity contribution is 9.10. The Morgan fingerprint density at radius 2 is 1.74 bits per heavy atom. The maximum absolute atomic E-state index is 5.95. The van der Waals surface area contributed by atoms with E-state index in [0.29, 0.717) is 0 Å². The van der Waals surface area contributed by atoms with Crippen molar-refractivity contribution >= 4 is 39.7 Å². The van der Waals surface area contributed by atoms with Crippen LogP contribution in [0.3, 0.4) is 0 Å². The molecule has 3 aromatic rings. The van der Waals surface area contributed by atoms with Gasteiger partial charge in [0.05, 0.1) is 5.69 Å². The number of hydrogen-bond donors (Lipinski definition) is 0. The van der Waals surface area contributed by atoms with Gasteiger partial charge in [0.2, 0.25) is 0 Å². The molecule has 0 N–H and O–H groups in total. The molecule has 23 heavy (non-hydrogen) atoms. The zero-order valence-corrected chi connectivity index (χ0v) is 15.1. The minimum Gasteiger partial charge on any atom is -0.331 e. The number of hydrogen-bond acceptors (Lipinski definition) is 1. The molecule has 0 aliphatic rings. The van der Waals surface area contributed by atoms with Crippen LogP contribution in [0.4, 0.5) is 0 Å². The Bertz CT molecular complexity index is 818. The Kier molecular flexibility index (Phi) is 4.99. The average Bonchev–Trinajstić information content (AvgIpc) is 2.98. The lowest BCUT2D eigenvalue weighted by atomic mass is 10.2. The van der Waals surface area contributed by atoms with Gasteiger partial charge in [-0.25, -0.2) is 4.98 Å². The van der Waals surface area contributed by atoms with Crippen LogP contribution in [-0.2, 0) is 6.54 Å². The summed E-state index contributed by atoms with van der Waals surface area (Å²) >= 11 is 9.40. The summed E-state index contributed by atoms with van der Waals surface area (Å²) in [6.07, 6.45) is 6.20. The molecule has 0 atom stereocenters. The van der Waals surface area contributed by atoms with Gasteiger partial charge in [-0.15, -0.1) is 0 Å². The zero-order chi connectivity index (χ0) is 16.2. The SMILES string of the molecule is CCn1cc(-c2ccc(Cl)cc2)nc1/C=C/c1ccc(Br)cc1. The first kappa shape index (κ1) is 16.0. The highest BCUT2D eigenvalue weighted by Crippen LogP contribution is 2.22. The third-order valence-corrected chi connectivity index (χ3v) is 4.36. The van der Waals surface area contributed by atoms with Gasteiger partial charge in [0.1, 0.15) is 5.82 Å². The van der Waals surface area contributed by atoms with Gasteiger partial charge in [-0.2, -0.15) is 0 Å². The molecule has 2 nitrogen and oxygen atoms in total. The molecule has 4 heteroatoms. The molecule has 0 unspecified atom stereocenters. The summed E-state index contributed by atoms with van der Waals surface area (Å²) in [7, 11) is 0. The Labute approximate surface area is 149 Å². The fourth-order valence-corrected chi connectivity index (χ4v) is 2.71. The predicted molar refractivity (Wildman–Crippen MR) is 101 cm³/mol. The van der Waals surface area contributed by atoms with Crippen LogP contribution in [0.5, 0.6) is 0 Å². The molecule has 0 aliphatic carbocycles. The minimum atomic E-state index is 0.735. The van der Waals surface area contributed by atoms with Crippen molar-refractivity contribution in [2.75, 3.05) is 0 Å². The van der Waals surface area contributed by atoms with Crippen LogP contribution in [0.25, 0.3) is 23.4 Å². The highest BCUT2D eigenvalue weighted by Gasteiger charge is 2.06. The van der Waals surface area contributed by atoms with Crippen LogP contribution >= 0.6 is 27.5 Å². The van der Waals surface area contributed by atoms with E-state index in [0.717, 1.165) is 38.7 Å². The number of aromatic nitrogens is 2. The first-order valence-electron chi connectivity index (χ1n) is 7.42. The van der Waals surface area contributed by atoms with Gasteiger partial charge in [-0.1, -0.05) is 57.9 Å². The van der Waals surface area contributed by atoms with E-state index in [-0.39, 0.29) is 0 Å². The third-order valence-electron chi connectivity index (χ3n) is 3.58. The molecule has 0 saturated heterocycles. The largest absolute Gasteiger partial charge is 0.331 e. The first-order chi connectivity index (χ1) is 11.2. The smallest absolute Gasteiger partial charge is 0.133 e. The molecule has 0 bridgehead atoms. The van der Waals surface area contributed by atoms with Crippen LogP contribution in [-0.4, -0.2) is 9.55 Å². The lowest BCUT2D eigenvalue weighted by Gasteiger charge is -1.99. The van der Waals surface area contributed by atoms with Crippen molar-refractivity contribution in [1.82, 2.24) is 9.55 Å². The second kappa shape index (κ2) is 7.16. The van der Waals surface area contributed by atoms with Gasteiger partial charge in [0, 0.05) is 27.8 Å². The topological polar surface area (TPSA) is 17.8 Å². The fourth-order valence-electron chi connectivity index (χ4n) is 2.32. The first-order valence-corrected chi connectivity index (χ1v) is 8.59. The number of aryl methyl sites for hydroxylation is 1. The van der Waals surface area contributed by atoms with Gasteiger partial charge in [0.25, 0.3) is 0 Å². The molecule has 0 spiro atoms.